The topological polar surface area (TPSA) is 15.7 Å². The second-order valence-electron chi connectivity index (χ2n) is 8.52. The van der Waals surface area contributed by atoms with Crippen LogP contribution in [0.3, 0.4) is 0 Å². The minimum Gasteiger partial charge on any atom is -0.453 e. The Morgan fingerprint density at radius 1 is 0.564 bits per heavy atom. The number of ether oxygens (including phenoxy) is 1. The lowest BCUT2D eigenvalue weighted by molar-refractivity contribution is 0.469. The van der Waals surface area contributed by atoms with Crippen molar-refractivity contribution < 1.29 is 4.74 Å². The predicted molar refractivity (Wildman–Crippen MR) is 180 cm³/mol. The minimum atomic E-state index is 0. The Kier molecular flexibility index (Phi) is 21.5. The number of para-hydroxylation sites is 5. The van der Waals surface area contributed by atoms with Gasteiger partial charge >= 0.3 is 0 Å². The molecule has 0 bridgehead atoms. The highest BCUT2D eigenvalue weighted by Crippen LogP contribution is 2.47. The van der Waals surface area contributed by atoms with Crippen LogP contribution in [-0.2, 0) is 6.42 Å². The molecule has 220 valence electrons. The van der Waals surface area contributed by atoms with E-state index in [0.717, 1.165) is 22.9 Å². The third-order valence-corrected chi connectivity index (χ3v) is 5.76. The number of nitrogens with zero attached hydrogens (tertiary/aromatic N) is 2. The maximum atomic E-state index is 5.92. The van der Waals surface area contributed by atoms with Crippen LogP contribution in [0.1, 0.15) is 102 Å². The van der Waals surface area contributed by atoms with Gasteiger partial charge in [0, 0.05) is 24.3 Å². The number of benzene rings is 3. The second-order valence-corrected chi connectivity index (χ2v) is 8.52. The summed E-state index contributed by atoms with van der Waals surface area (Å²) in [4.78, 5) is 4.81. The van der Waals surface area contributed by atoms with Crippen molar-refractivity contribution in [1.82, 2.24) is 0 Å². The third-order valence-electron chi connectivity index (χ3n) is 5.76. The number of hydrogen-bond donors (Lipinski definition) is 0. The molecule has 0 aliphatic carbocycles. The first kappa shape index (κ1) is 38.2. The Morgan fingerprint density at radius 2 is 0.974 bits per heavy atom. The first-order valence-electron chi connectivity index (χ1n) is 15.1. The third kappa shape index (κ3) is 10.6. The summed E-state index contributed by atoms with van der Waals surface area (Å²) in [5.41, 5.74) is 5.24. The number of anilines is 3. The van der Waals surface area contributed by atoms with E-state index in [-0.39, 0.29) is 7.43 Å². The molecule has 2 aliphatic rings. The molecule has 3 aromatic carbocycles. The standard InChI is InChI=1S/C15H15NO.C12H17N.4C2H6.CH4/c1-11(2)16-12-7-3-5-9-14(12)17-15-10-6-4-8-13(15)16;1-10(2)13-9-5-7-11-6-3-4-8-12(11)13;4*1-2;/h3-11H,1-2H3;3-4,6,8,10H,5,7,9H2,1-2H3;4*1-2H3;1H4. The van der Waals surface area contributed by atoms with E-state index in [2.05, 4.69) is 73.9 Å². The summed E-state index contributed by atoms with van der Waals surface area (Å²) in [5, 5.41) is 0. The Morgan fingerprint density at radius 3 is 1.41 bits per heavy atom. The van der Waals surface area contributed by atoms with E-state index in [1.807, 2.05) is 91.8 Å². The molecule has 2 heterocycles. The zero-order chi connectivity index (χ0) is 29.1. The quantitative estimate of drug-likeness (QED) is 0.324. The zero-order valence-electron chi connectivity index (χ0n) is 26.5. The first-order chi connectivity index (χ1) is 18.6. The monoisotopic (exact) mass is 536 g/mol. The second kappa shape index (κ2) is 21.9. The van der Waals surface area contributed by atoms with Gasteiger partial charge in [-0.2, -0.15) is 0 Å². The summed E-state index contributed by atoms with van der Waals surface area (Å²) >= 11 is 0. The van der Waals surface area contributed by atoms with Gasteiger partial charge in [-0.05, 0) is 76.4 Å². The van der Waals surface area contributed by atoms with Crippen molar-refractivity contribution in [3.8, 4) is 11.5 Å². The largest absolute Gasteiger partial charge is 0.453 e. The van der Waals surface area contributed by atoms with Crippen molar-refractivity contribution in [2.45, 2.75) is 115 Å². The number of rotatable bonds is 2. The molecular formula is C36H60N2O. The van der Waals surface area contributed by atoms with Crippen LogP contribution >= 0.6 is 0 Å². The van der Waals surface area contributed by atoms with E-state index in [1.165, 1.54) is 30.6 Å². The molecule has 2 aliphatic heterocycles. The molecule has 0 saturated carbocycles. The van der Waals surface area contributed by atoms with Gasteiger partial charge in [-0.25, -0.2) is 0 Å². The molecule has 3 heteroatoms. The summed E-state index contributed by atoms with van der Waals surface area (Å²) in [6, 6.07) is 26.1. The van der Waals surface area contributed by atoms with E-state index in [0.29, 0.717) is 12.1 Å². The molecule has 3 aromatic rings. The predicted octanol–water partition coefficient (Wildman–Crippen LogP) is 11.9. The fourth-order valence-corrected chi connectivity index (χ4v) is 4.39. The summed E-state index contributed by atoms with van der Waals surface area (Å²) in [7, 11) is 0. The molecule has 0 saturated heterocycles. The van der Waals surface area contributed by atoms with Crippen molar-refractivity contribution in [3.05, 3.63) is 78.4 Å². The highest BCUT2D eigenvalue weighted by Gasteiger charge is 2.25. The van der Waals surface area contributed by atoms with Crippen molar-refractivity contribution >= 4 is 17.1 Å². The molecular weight excluding hydrogens is 476 g/mol. The van der Waals surface area contributed by atoms with E-state index in [1.54, 1.807) is 0 Å². The van der Waals surface area contributed by atoms with Gasteiger partial charge in [0.2, 0.25) is 0 Å². The lowest BCUT2D eigenvalue weighted by Crippen LogP contribution is -2.35. The van der Waals surface area contributed by atoms with Gasteiger partial charge in [-0.15, -0.1) is 0 Å². The fourth-order valence-electron chi connectivity index (χ4n) is 4.39. The maximum Gasteiger partial charge on any atom is 0.151 e. The van der Waals surface area contributed by atoms with Gasteiger partial charge in [-0.1, -0.05) is 105 Å². The lowest BCUT2D eigenvalue weighted by atomic mass is 10.0. The van der Waals surface area contributed by atoms with Gasteiger partial charge in [0.05, 0.1) is 11.4 Å². The smallest absolute Gasteiger partial charge is 0.151 e. The molecule has 0 radical (unpaired) electrons. The van der Waals surface area contributed by atoms with Crippen LogP contribution in [0.4, 0.5) is 17.1 Å². The maximum absolute atomic E-state index is 5.92. The van der Waals surface area contributed by atoms with Crippen LogP contribution in [0.5, 0.6) is 11.5 Å². The van der Waals surface area contributed by atoms with E-state index >= 15 is 0 Å². The van der Waals surface area contributed by atoms with Crippen molar-refractivity contribution in [1.29, 1.82) is 0 Å². The zero-order valence-corrected chi connectivity index (χ0v) is 26.5. The molecule has 3 nitrogen and oxygen atoms in total. The first-order valence-corrected chi connectivity index (χ1v) is 15.1. The highest BCUT2D eigenvalue weighted by molar-refractivity contribution is 5.78. The van der Waals surface area contributed by atoms with E-state index < -0.39 is 0 Å². The van der Waals surface area contributed by atoms with Gasteiger partial charge in [0.1, 0.15) is 0 Å². The molecule has 39 heavy (non-hydrogen) atoms. The summed E-state index contributed by atoms with van der Waals surface area (Å²) in [6.07, 6.45) is 2.55. The van der Waals surface area contributed by atoms with Crippen LogP contribution in [0.25, 0.3) is 0 Å². The Balaban J connectivity index is 0. The van der Waals surface area contributed by atoms with Crippen LogP contribution in [0.2, 0.25) is 0 Å². The van der Waals surface area contributed by atoms with Gasteiger partial charge in [-0.3, -0.25) is 0 Å². The van der Waals surface area contributed by atoms with Crippen LogP contribution in [0.15, 0.2) is 72.8 Å². The van der Waals surface area contributed by atoms with Crippen molar-refractivity contribution in [3.63, 3.8) is 0 Å². The van der Waals surface area contributed by atoms with Crippen LogP contribution < -0.4 is 14.5 Å². The fraction of sp³-hybridized carbons (Fsp3) is 0.500. The molecule has 0 N–H and O–H groups in total. The number of hydrogen-bond acceptors (Lipinski definition) is 3. The summed E-state index contributed by atoms with van der Waals surface area (Å²) in [6.45, 7) is 26.1. The Bertz CT molecular complexity index is 951. The molecule has 5 rings (SSSR count). The van der Waals surface area contributed by atoms with Gasteiger partial charge in [0.15, 0.2) is 11.5 Å². The molecule has 0 unspecified atom stereocenters. The van der Waals surface area contributed by atoms with Gasteiger partial charge in [0.25, 0.3) is 0 Å². The van der Waals surface area contributed by atoms with Gasteiger partial charge < -0.3 is 14.5 Å². The van der Waals surface area contributed by atoms with Crippen LogP contribution in [-0.4, -0.2) is 18.6 Å². The molecule has 0 atom stereocenters. The molecule has 0 aromatic heterocycles. The number of fused-ring (bicyclic) bond motifs is 3. The van der Waals surface area contributed by atoms with E-state index in [4.69, 9.17) is 4.74 Å². The molecule has 0 fully saturated rings. The Hall–Kier alpha value is -2.94. The minimum absolute atomic E-state index is 0. The molecule has 0 amide bonds. The highest BCUT2D eigenvalue weighted by atomic mass is 16.5. The Labute approximate surface area is 243 Å². The average Bonchev–Trinajstić information content (AvgIpc) is 2.99. The number of aryl methyl sites for hydroxylation is 1. The summed E-state index contributed by atoms with van der Waals surface area (Å²) < 4.78 is 5.92. The normalized spacial score (nSPS) is 11.6. The van der Waals surface area contributed by atoms with Crippen LogP contribution in [0, 0.1) is 0 Å². The molecule has 0 spiro atoms. The SMILES string of the molecule is C.CC.CC.CC.CC.CC(C)N1CCCc2ccccc21.CC(C)N1c2ccccc2Oc2ccccc21. The average molecular weight is 537 g/mol. The van der Waals surface area contributed by atoms with E-state index in [9.17, 15) is 0 Å². The van der Waals surface area contributed by atoms with Crippen molar-refractivity contribution in [2.75, 3.05) is 16.3 Å². The lowest BCUT2D eigenvalue weighted by Gasteiger charge is -2.35. The van der Waals surface area contributed by atoms with Crippen molar-refractivity contribution in [2.24, 2.45) is 0 Å². The summed E-state index contributed by atoms with van der Waals surface area (Å²) in [5.74, 6) is 1.86.